The van der Waals surface area contributed by atoms with E-state index in [-0.39, 0.29) is 16.2 Å². The van der Waals surface area contributed by atoms with Gasteiger partial charge in [0.2, 0.25) is 0 Å². The fourth-order valence-corrected chi connectivity index (χ4v) is 12.1. The second-order valence-corrected chi connectivity index (χ2v) is 18.9. The SMILES string of the molecule is Cc1cccc2c1-c1ccc(N(c3cc4ccccc4cc3-c3ccccc3C(C)(C)C)c3ccccc3C34CC5CC(CC(C5)C3)C4)cc1C2(C)C. The first-order valence-corrected chi connectivity index (χ1v) is 20.3. The minimum absolute atomic E-state index is 0.0112. The van der Waals surface area contributed by atoms with E-state index in [1.165, 1.54) is 111 Å². The molecule has 6 aromatic rings. The van der Waals surface area contributed by atoms with Crippen LogP contribution in [0, 0.1) is 24.7 Å². The van der Waals surface area contributed by atoms with Gasteiger partial charge in [-0.05, 0) is 160 Å². The maximum absolute atomic E-state index is 2.70. The molecule has 1 heteroatoms. The van der Waals surface area contributed by atoms with Gasteiger partial charge in [0.05, 0.1) is 5.69 Å². The molecule has 0 aliphatic heterocycles. The van der Waals surface area contributed by atoms with E-state index in [1.807, 2.05) is 0 Å². The van der Waals surface area contributed by atoms with E-state index in [9.17, 15) is 0 Å². The van der Waals surface area contributed by atoms with Crippen molar-refractivity contribution in [2.45, 2.75) is 96.3 Å². The maximum Gasteiger partial charge on any atom is 0.0546 e. The Balaban J connectivity index is 1.27. The predicted molar refractivity (Wildman–Crippen MR) is 225 cm³/mol. The third-order valence-corrected chi connectivity index (χ3v) is 14.0. The molecule has 0 radical (unpaired) electrons. The summed E-state index contributed by atoms with van der Waals surface area (Å²) in [6, 6.07) is 47.0. The molecule has 5 aliphatic rings. The summed E-state index contributed by atoms with van der Waals surface area (Å²) in [4.78, 5) is 2.70. The lowest BCUT2D eigenvalue weighted by Crippen LogP contribution is -2.48. The standard InChI is InChI=1S/C52H53N/c1-33-14-13-20-45-49(33)41-23-22-39(29-46(41)51(45,5)6)53(47-21-12-11-19-44(47)52-30-34-24-35(31-52)26-36(25-34)32-52)48-28-38-16-8-7-15-37(38)27-42(48)40-17-9-10-18-43(40)50(2,3)4/h7-23,27-29,34-36H,24-26,30-32H2,1-6H3. The zero-order valence-electron chi connectivity index (χ0n) is 32.5. The lowest BCUT2D eigenvalue weighted by atomic mass is 9.48. The molecule has 0 amide bonds. The van der Waals surface area contributed by atoms with E-state index >= 15 is 0 Å². The Bertz CT molecular complexity index is 2380. The van der Waals surface area contributed by atoms with Gasteiger partial charge in [0, 0.05) is 22.4 Å². The van der Waals surface area contributed by atoms with Crippen molar-refractivity contribution in [2.75, 3.05) is 4.90 Å². The number of hydrogen-bond acceptors (Lipinski definition) is 1. The van der Waals surface area contributed by atoms with Gasteiger partial charge in [0.25, 0.3) is 0 Å². The van der Waals surface area contributed by atoms with Crippen molar-refractivity contribution in [3.63, 3.8) is 0 Å². The van der Waals surface area contributed by atoms with Crippen molar-refractivity contribution in [1.29, 1.82) is 0 Å². The summed E-state index contributed by atoms with van der Waals surface area (Å²) >= 11 is 0. The zero-order chi connectivity index (χ0) is 36.3. The smallest absolute Gasteiger partial charge is 0.0546 e. The molecule has 0 aromatic heterocycles. The first-order chi connectivity index (χ1) is 25.5. The van der Waals surface area contributed by atoms with Crippen molar-refractivity contribution < 1.29 is 0 Å². The highest BCUT2D eigenvalue weighted by atomic mass is 15.1. The Hall–Kier alpha value is -4.62. The normalized spacial score (nSPS) is 23.6. The number of hydrogen-bond donors (Lipinski definition) is 0. The van der Waals surface area contributed by atoms with Crippen LogP contribution in [-0.4, -0.2) is 0 Å². The van der Waals surface area contributed by atoms with Crippen LogP contribution in [0.15, 0.2) is 121 Å². The maximum atomic E-state index is 2.70. The van der Waals surface area contributed by atoms with Gasteiger partial charge in [-0.15, -0.1) is 0 Å². The topological polar surface area (TPSA) is 3.24 Å². The Morgan fingerprint density at radius 1 is 0.547 bits per heavy atom. The number of fused-ring (bicyclic) bond motifs is 4. The van der Waals surface area contributed by atoms with Crippen LogP contribution in [-0.2, 0) is 16.2 Å². The Labute approximate surface area is 317 Å². The molecule has 11 rings (SSSR count). The molecule has 4 saturated carbocycles. The van der Waals surface area contributed by atoms with Crippen molar-refractivity contribution in [3.8, 4) is 22.3 Å². The molecule has 5 aliphatic carbocycles. The molecule has 266 valence electrons. The molecule has 53 heavy (non-hydrogen) atoms. The van der Waals surface area contributed by atoms with E-state index in [4.69, 9.17) is 0 Å². The molecule has 0 atom stereocenters. The van der Waals surface area contributed by atoms with E-state index in [0.29, 0.717) is 0 Å². The second kappa shape index (κ2) is 11.7. The highest BCUT2D eigenvalue weighted by Crippen LogP contribution is 2.63. The van der Waals surface area contributed by atoms with Crippen LogP contribution >= 0.6 is 0 Å². The van der Waals surface area contributed by atoms with Gasteiger partial charge in [-0.1, -0.05) is 126 Å². The molecule has 4 fully saturated rings. The van der Waals surface area contributed by atoms with Crippen LogP contribution in [0.1, 0.15) is 101 Å². The van der Waals surface area contributed by atoms with Crippen molar-refractivity contribution >= 4 is 27.8 Å². The van der Waals surface area contributed by atoms with Gasteiger partial charge in [-0.25, -0.2) is 0 Å². The van der Waals surface area contributed by atoms with Crippen molar-refractivity contribution in [3.05, 3.63) is 149 Å². The molecular formula is C52H53N. The monoisotopic (exact) mass is 691 g/mol. The number of nitrogens with zero attached hydrogens (tertiary/aromatic N) is 1. The number of benzene rings is 6. The molecule has 4 bridgehead atoms. The predicted octanol–water partition coefficient (Wildman–Crippen LogP) is 14.4. The molecular weight excluding hydrogens is 639 g/mol. The van der Waals surface area contributed by atoms with Crippen molar-refractivity contribution in [2.24, 2.45) is 17.8 Å². The third kappa shape index (κ3) is 5.10. The van der Waals surface area contributed by atoms with Gasteiger partial charge in [0.15, 0.2) is 0 Å². The minimum Gasteiger partial charge on any atom is -0.310 e. The number of anilines is 3. The fraction of sp³-hybridized carbons (Fsp3) is 0.346. The first-order valence-electron chi connectivity index (χ1n) is 20.3. The minimum atomic E-state index is -0.0944. The summed E-state index contributed by atoms with van der Waals surface area (Å²) in [5.74, 6) is 2.63. The Morgan fingerprint density at radius 3 is 1.89 bits per heavy atom. The summed E-state index contributed by atoms with van der Waals surface area (Å²) < 4.78 is 0. The second-order valence-electron chi connectivity index (χ2n) is 18.9. The largest absolute Gasteiger partial charge is 0.310 e. The highest BCUT2D eigenvalue weighted by molar-refractivity contribution is 6.00. The Kier molecular flexibility index (Phi) is 7.27. The molecule has 0 N–H and O–H groups in total. The number of aryl methyl sites for hydroxylation is 1. The number of rotatable bonds is 5. The van der Waals surface area contributed by atoms with E-state index in [0.717, 1.165) is 17.8 Å². The van der Waals surface area contributed by atoms with Crippen LogP contribution in [0.2, 0.25) is 0 Å². The molecule has 1 nitrogen and oxygen atoms in total. The van der Waals surface area contributed by atoms with Crippen LogP contribution in [0.25, 0.3) is 33.0 Å². The van der Waals surface area contributed by atoms with E-state index in [2.05, 4.69) is 168 Å². The van der Waals surface area contributed by atoms with E-state index in [1.54, 1.807) is 5.56 Å². The summed E-state index contributed by atoms with van der Waals surface area (Å²) in [6.45, 7) is 14.2. The summed E-state index contributed by atoms with van der Waals surface area (Å²) in [6.07, 6.45) is 8.36. The van der Waals surface area contributed by atoms with Gasteiger partial charge in [-0.2, -0.15) is 0 Å². The van der Waals surface area contributed by atoms with Crippen LogP contribution in [0.3, 0.4) is 0 Å². The molecule has 0 spiro atoms. The van der Waals surface area contributed by atoms with E-state index < -0.39 is 0 Å². The van der Waals surface area contributed by atoms with Crippen molar-refractivity contribution in [1.82, 2.24) is 0 Å². The lowest BCUT2D eigenvalue weighted by molar-refractivity contribution is -0.00491. The summed E-state index contributed by atoms with van der Waals surface area (Å²) in [5, 5.41) is 2.56. The summed E-state index contributed by atoms with van der Waals surface area (Å²) in [5.41, 5.74) is 16.6. The molecule has 0 unspecified atom stereocenters. The first kappa shape index (κ1) is 33.0. The quantitative estimate of drug-likeness (QED) is 0.174. The van der Waals surface area contributed by atoms with Gasteiger partial charge < -0.3 is 4.90 Å². The van der Waals surface area contributed by atoms with Gasteiger partial charge in [0.1, 0.15) is 0 Å². The Morgan fingerprint density at radius 2 is 1.17 bits per heavy atom. The zero-order valence-corrected chi connectivity index (χ0v) is 32.5. The van der Waals surface area contributed by atoms with Crippen LogP contribution < -0.4 is 4.90 Å². The average Bonchev–Trinajstić information content (AvgIpc) is 3.37. The van der Waals surface area contributed by atoms with Crippen LogP contribution in [0.5, 0.6) is 0 Å². The third-order valence-electron chi connectivity index (χ3n) is 14.0. The van der Waals surface area contributed by atoms with Gasteiger partial charge in [-0.3, -0.25) is 0 Å². The lowest BCUT2D eigenvalue weighted by Gasteiger charge is -2.57. The molecule has 0 saturated heterocycles. The average molecular weight is 692 g/mol. The highest BCUT2D eigenvalue weighted by Gasteiger charge is 2.52. The molecule has 0 heterocycles. The van der Waals surface area contributed by atoms with Gasteiger partial charge >= 0.3 is 0 Å². The number of para-hydroxylation sites is 1. The summed E-state index contributed by atoms with van der Waals surface area (Å²) in [7, 11) is 0. The van der Waals surface area contributed by atoms with Crippen LogP contribution in [0.4, 0.5) is 17.1 Å². The molecule has 6 aromatic carbocycles. The fourth-order valence-electron chi connectivity index (χ4n) is 12.1.